The maximum atomic E-state index is 12.6. The first kappa shape index (κ1) is 23.3. The van der Waals surface area contributed by atoms with Gasteiger partial charge in [0.2, 0.25) is 0 Å². The number of guanidine groups is 1. The van der Waals surface area contributed by atoms with Crippen LogP contribution in [0.25, 0.3) is 0 Å². The molecule has 0 saturated heterocycles. The summed E-state index contributed by atoms with van der Waals surface area (Å²) in [5.74, 6) is 1.86. The largest absolute Gasteiger partial charge is 0.496 e. The third kappa shape index (κ3) is 7.09. The van der Waals surface area contributed by atoms with Crippen LogP contribution in [0.1, 0.15) is 16.7 Å². The number of halogens is 2. The highest BCUT2D eigenvalue weighted by Gasteiger charge is 2.11. The zero-order valence-corrected chi connectivity index (χ0v) is 17.8. The molecule has 2 N–H and O–H groups in total. The zero-order valence-electron chi connectivity index (χ0n) is 17.8. The van der Waals surface area contributed by atoms with Crippen molar-refractivity contribution in [3.05, 3.63) is 53.1 Å². The molecule has 0 heterocycles. The lowest BCUT2D eigenvalue weighted by molar-refractivity contribution is -0.0512. The maximum Gasteiger partial charge on any atom is 0.387 e. The van der Waals surface area contributed by atoms with Crippen LogP contribution in [0.3, 0.4) is 0 Å². The molecule has 30 heavy (non-hydrogen) atoms. The summed E-state index contributed by atoms with van der Waals surface area (Å²) in [6, 6.07) is 11.2. The first-order chi connectivity index (χ1) is 14.5. The number of hydrogen-bond acceptors (Lipinski definition) is 4. The van der Waals surface area contributed by atoms with E-state index in [1.807, 2.05) is 25.1 Å². The summed E-state index contributed by atoms with van der Waals surface area (Å²) in [5.41, 5.74) is 3.12. The fourth-order valence-electron chi connectivity index (χ4n) is 2.96. The maximum absolute atomic E-state index is 12.6. The zero-order chi connectivity index (χ0) is 21.9. The standard InChI is InChI=1S/C22H29F2N3O3/c1-15-5-6-16(13-19(15)29-4)9-11-26-22(25-2)27-12-10-17-7-8-18(28-3)20(14-17)30-21(23)24/h5-8,13-14,21H,9-12H2,1-4H3,(H2,25,26,27). The third-order valence-electron chi connectivity index (χ3n) is 4.55. The minimum absolute atomic E-state index is 0.0287. The quantitative estimate of drug-likeness (QED) is 0.454. The van der Waals surface area contributed by atoms with E-state index in [1.54, 1.807) is 26.3 Å². The Hall–Kier alpha value is -3.03. The van der Waals surface area contributed by atoms with Crippen molar-refractivity contribution in [2.24, 2.45) is 4.99 Å². The molecule has 0 aliphatic carbocycles. The van der Waals surface area contributed by atoms with E-state index in [0.717, 1.165) is 23.3 Å². The van der Waals surface area contributed by atoms with E-state index < -0.39 is 6.61 Å². The second-order valence-corrected chi connectivity index (χ2v) is 6.59. The summed E-state index contributed by atoms with van der Waals surface area (Å²) >= 11 is 0. The van der Waals surface area contributed by atoms with Gasteiger partial charge < -0.3 is 24.8 Å². The SMILES string of the molecule is CN=C(NCCc1ccc(C)c(OC)c1)NCCc1ccc(OC)c(OC(F)F)c1. The summed E-state index contributed by atoms with van der Waals surface area (Å²) in [6.07, 6.45) is 1.43. The van der Waals surface area contributed by atoms with Crippen molar-refractivity contribution in [2.45, 2.75) is 26.4 Å². The van der Waals surface area contributed by atoms with Gasteiger partial charge in [0.15, 0.2) is 17.5 Å². The van der Waals surface area contributed by atoms with Crippen LogP contribution in [0.15, 0.2) is 41.4 Å². The van der Waals surface area contributed by atoms with Gasteiger partial charge in [0.25, 0.3) is 0 Å². The fraction of sp³-hybridized carbons (Fsp3) is 0.409. The van der Waals surface area contributed by atoms with Crippen molar-refractivity contribution in [2.75, 3.05) is 34.4 Å². The van der Waals surface area contributed by atoms with E-state index >= 15 is 0 Å². The van der Waals surface area contributed by atoms with Crippen molar-refractivity contribution < 1.29 is 23.0 Å². The van der Waals surface area contributed by atoms with E-state index in [4.69, 9.17) is 9.47 Å². The van der Waals surface area contributed by atoms with Crippen molar-refractivity contribution >= 4 is 5.96 Å². The first-order valence-electron chi connectivity index (χ1n) is 9.66. The molecule has 0 saturated carbocycles. The molecule has 0 amide bonds. The number of rotatable bonds is 10. The molecule has 0 fully saturated rings. The number of nitrogens with one attached hydrogen (secondary N) is 2. The van der Waals surface area contributed by atoms with Crippen LogP contribution in [0.5, 0.6) is 17.2 Å². The van der Waals surface area contributed by atoms with Gasteiger partial charge in [-0.1, -0.05) is 18.2 Å². The molecular weight excluding hydrogens is 392 g/mol. The molecule has 0 aliphatic rings. The summed E-state index contributed by atoms with van der Waals surface area (Å²) in [7, 11) is 4.78. The fourth-order valence-corrected chi connectivity index (χ4v) is 2.96. The van der Waals surface area contributed by atoms with Gasteiger partial charge in [0, 0.05) is 20.1 Å². The Bertz CT molecular complexity index is 844. The molecule has 0 aliphatic heterocycles. The lowest BCUT2D eigenvalue weighted by atomic mass is 10.1. The normalized spacial score (nSPS) is 11.4. The van der Waals surface area contributed by atoms with Crippen molar-refractivity contribution in [1.82, 2.24) is 10.6 Å². The number of methoxy groups -OCH3 is 2. The number of benzene rings is 2. The smallest absolute Gasteiger partial charge is 0.387 e. The van der Waals surface area contributed by atoms with Crippen LogP contribution in [0, 0.1) is 6.92 Å². The first-order valence-corrected chi connectivity index (χ1v) is 9.66. The molecule has 2 aromatic carbocycles. The summed E-state index contributed by atoms with van der Waals surface area (Å²) in [4.78, 5) is 4.21. The van der Waals surface area contributed by atoms with E-state index in [2.05, 4.69) is 26.4 Å². The predicted molar refractivity (Wildman–Crippen MR) is 114 cm³/mol. The van der Waals surface area contributed by atoms with Gasteiger partial charge in [-0.25, -0.2) is 0 Å². The number of nitrogens with zero attached hydrogens (tertiary/aromatic N) is 1. The lowest BCUT2D eigenvalue weighted by Crippen LogP contribution is -2.39. The summed E-state index contributed by atoms with van der Waals surface area (Å²) < 4.78 is 40.0. The van der Waals surface area contributed by atoms with Gasteiger partial charge in [-0.3, -0.25) is 4.99 Å². The lowest BCUT2D eigenvalue weighted by Gasteiger charge is -2.14. The second-order valence-electron chi connectivity index (χ2n) is 6.59. The minimum Gasteiger partial charge on any atom is -0.496 e. The predicted octanol–water partition coefficient (Wildman–Crippen LogP) is 3.56. The molecule has 0 spiro atoms. The highest BCUT2D eigenvalue weighted by molar-refractivity contribution is 5.79. The minimum atomic E-state index is -2.90. The number of ether oxygens (including phenoxy) is 3. The van der Waals surface area contributed by atoms with Gasteiger partial charge in [0.05, 0.1) is 14.2 Å². The Balaban J connectivity index is 1.82. The van der Waals surface area contributed by atoms with E-state index in [-0.39, 0.29) is 11.5 Å². The van der Waals surface area contributed by atoms with Crippen LogP contribution in [0.2, 0.25) is 0 Å². The van der Waals surface area contributed by atoms with Gasteiger partial charge in [0.1, 0.15) is 5.75 Å². The Labute approximate surface area is 176 Å². The number of alkyl halides is 2. The number of aliphatic imine (C=N–C) groups is 1. The average Bonchev–Trinajstić information content (AvgIpc) is 2.73. The van der Waals surface area contributed by atoms with E-state index in [1.165, 1.54) is 12.7 Å². The van der Waals surface area contributed by atoms with Crippen molar-refractivity contribution in [3.63, 3.8) is 0 Å². The van der Waals surface area contributed by atoms with Gasteiger partial charge in [-0.2, -0.15) is 8.78 Å². The molecule has 164 valence electrons. The molecule has 2 rings (SSSR count). The van der Waals surface area contributed by atoms with Crippen LogP contribution >= 0.6 is 0 Å². The highest BCUT2D eigenvalue weighted by atomic mass is 19.3. The summed E-state index contributed by atoms with van der Waals surface area (Å²) in [6.45, 7) is 0.404. The monoisotopic (exact) mass is 421 g/mol. The van der Waals surface area contributed by atoms with Crippen molar-refractivity contribution in [3.8, 4) is 17.2 Å². The van der Waals surface area contributed by atoms with Crippen LogP contribution < -0.4 is 24.8 Å². The van der Waals surface area contributed by atoms with Crippen LogP contribution in [-0.4, -0.2) is 46.9 Å². The molecule has 0 radical (unpaired) electrons. The third-order valence-corrected chi connectivity index (χ3v) is 4.55. The molecule has 0 unspecified atom stereocenters. The van der Waals surface area contributed by atoms with Crippen molar-refractivity contribution in [1.29, 1.82) is 0 Å². The van der Waals surface area contributed by atoms with E-state index in [9.17, 15) is 8.78 Å². The van der Waals surface area contributed by atoms with Crippen LogP contribution in [0.4, 0.5) is 8.78 Å². The van der Waals surface area contributed by atoms with Gasteiger partial charge in [-0.15, -0.1) is 0 Å². The molecule has 0 bridgehead atoms. The highest BCUT2D eigenvalue weighted by Crippen LogP contribution is 2.29. The molecule has 6 nitrogen and oxygen atoms in total. The Kier molecular flexibility index (Phi) is 9.18. The molecule has 8 heteroatoms. The Morgan fingerprint density at radius 3 is 2.00 bits per heavy atom. The van der Waals surface area contributed by atoms with Crippen LogP contribution in [-0.2, 0) is 12.8 Å². The Morgan fingerprint density at radius 2 is 1.47 bits per heavy atom. The number of hydrogen-bond donors (Lipinski definition) is 2. The molecule has 2 aromatic rings. The molecular formula is C22H29F2N3O3. The molecule has 0 aromatic heterocycles. The van der Waals surface area contributed by atoms with E-state index in [0.29, 0.717) is 25.5 Å². The van der Waals surface area contributed by atoms with Gasteiger partial charge in [-0.05, 0) is 54.7 Å². The second kappa shape index (κ2) is 11.8. The number of aryl methyl sites for hydroxylation is 1. The van der Waals surface area contributed by atoms with Gasteiger partial charge >= 0.3 is 6.61 Å². The average molecular weight is 421 g/mol. The molecule has 0 atom stereocenters. The topological polar surface area (TPSA) is 64.1 Å². The Morgan fingerprint density at radius 1 is 0.900 bits per heavy atom. The summed E-state index contributed by atoms with van der Waals surface area (Å²) in [5, 5.41) is 6.48.